The maximum absolute atomic E-state index is 13.3. The fourth-order valence-corrected chi connectivity index (χ4v) is 2.16. The van der Waals surface area contributed by atoms with E-state index in [4.69, 9.17) is 10.5 Å². The summed E-state index contributed by atoms with van der Waals surface area (Å²) in [5, 5.41) is 0. The van der Waals surface area contributed by atoms with E-state index in [9.17, 15) is 4.39 Å². The number of aryl methyl sites for hydroxylation is 2. The van der Waals surface area contributed by atoms with Crippen LogP contribution in [0.25, 0.3) is 0 Å². The van der Waals surface area contributed by atoms with Gasteiger partial charge in [0.2, 0.25) is 0 Å². The van der Waals surface area contributed by atoms with Crippen LogP contribution in [-0.4, -0.2) is 4.98 Å². The third-order valence-electron chi connectivity index (χ3n) is 2.74. The maximum Gasteiger partial charge on any atom is 0.144 e. The highest BCUT2D eigenvalue weighted by molar-refractivity contribution is 9.10. The summed E-state index contributed by atoms with van der Waals surface area (Å²) in [7, 11) is 0. The van der Waals surface area contributed by atoms with Crippen LogP contribution in [0.3, 0.4) is 0 Å². The number of pyridine rings is 1. The lowest BCUT2D eigenvalue weighted by atomic mass is 10.1. The smallest absolute Gasteiger partial charge is 0.144 e. The number of ether oxygens (including phenoxy) is 1. The van der Waals surface area contributed by atoms with Crippen LogP contribution >= 0.6 is 15.9 Å². The van der Waals surface area contributed by atoms with E-state index in [1.165, 1.54) is 12.1 Å². The number of nitrogens with zero attached hydrogens (tertiary/aromatic N) is 1. The molecule has 19 heavy (non-hydrogen) atoms. The monoisotopic (exact) mass is 324 g/mol. The zero-order valence-electron chi connectivity index (χ0n) is 10.7. The summed E-state index contributed by atoms with van der Waals surface area (Å²) in [6, 6.07) is 6.10. The van der Waals surface area contributed by atoms with Gasteiger partial charge in [-0.1, -0.05) is 0 Å². The topological polar surface area (TPSA) is 48.1 Å². The first-order chi connectivity index (χ1) is 9.01. The molecule has 1 aromatic carbocycles. The molecular formula is C14H14BrFN2O. The van der Waals surface area contributed by atoms with Crippen molar-refractivity contribution in [3.8, 4) is 11.5 Å². The van der Waals surface area contributed by atoms with E-state index < -0.39 is 0 Å². The van der Waals surface area contributed by atoms with E-state index in [0.717, 1.165) is 17.0 Å². The third-order valence-corrected chi connectivity index (χ3v) is 3.39. The van der Waals surface area contributed by atoms with Gasteiger partial charge >= 0.3 is 0 Å². The number of halogens is 2. The van der Waals surface area contributed by atoms with Crippen LogP contribution in [0.5, 0.6) is 11.5 Å². The summed E-state index contributed by atoms with van der Waals surface area (Å²) in [5.41, 5.74) is 8.19. The van der Waals surface area contributed by atoms with Crippen molar-refractivity contribution in [2.45, 2.75) is 20.4 Å². The predicted octanol–water partition coefficient (Wildman–Crippen LogP) is 3.85. The minimum Gasteiger partial charge on any atom is -0.456 e. The molecule has 3 nitrogen and oxygen atoms in total. The summed E-state index contributed by atoms with van der Waals surface area (Å²) in [5.74, 6) is 0.675. The van der Waals surface area contributed by atoms with Gasteiger partial charge in [-0.25, -0.2) is 4.39 Å². The van der Waals surface area contributed by atoms with Crippen molar-refractivity contribution < 1.29 is 9.13 Å². The first-order valence-corrected chi connectivity index (χ1v) is 6.60. The summed E-state index contributed by atoms with van der Waals surface area (Å²) in [4.78, 5) is 4.34. The van der Waals surface area contributed by atoms with Gasteiger partial charge in [-0.3, -0.25) is 4.98 Å². The van der Waals surface area contributed by atoms with Crippen molar-refractivity contribution in [1.29, 1.82) is 0 Å². The van der Waals surface area contributed by atoms with Crippen LogP contribution in [0.1, 0.15) is 17.0 Å². The van der Waals surface area contributed by atoms with Gasteiger partial charge in [0.15, 0.2) is 0 Å². The van der Waals surface area contributed by atoms with Crippen molar-refractivity contribution in [2.24, 2.45) is 5.73 Å². The second-order valence-corrected chi connectivity index (χ2v) is 5.06. The molecule has 0 bridgehead atoms. The molecule has 2 aromatic rings. The molecule has 0 aliphatic carbocycles. The maximum atomic E-state index is 13.3. The minimum absolute atomic E-state index is 0.321. The number of hydrogen-bond acceptors (Lipinski definition) is 3. The lowest BCUT2D eigenvalue weighted by Gasteiger charge is -2.14. The zero-order valence-corrected chi connectivity index (χ0v) is 12.3. The lowest BCUT2D eigenvalue weighted by Crippen LogP contribution is -2.05. The Morgan fingerprint density at radius 1 is 1.26 bits per heavy atom. The highest BCUT2D eigenvalue weighted by atomic mass is 79.9. The van der Waals surface area contributed by atoms with E-state index in [-0.39, 0.29) is 5.82 Å². The SMILES string of the molecule is Cc1cc(Oc2cc(F)ccc2Br)c(CN)c(C)n1. The van der Waals surface area contributed by atoms with Gasteiger partial charge < -0.3 is 10.5 Å². The van der Waals surface area contributed by atoms with Crippen LogP contribution in [0.4, 0.5) is 4.39 Å². The largest absolute Gasteiger partial charge is 0.456 e. The van der Waals surface area contributed by atoms with Crippen LogP contribution in [0.2, 0.25) is 0 Å². The van der Waals surface area contributed by atoms with E-state index in [2.05, 4.69) is 20.9 Å². The summed E-state index contributed by atoms with van der Waals surface area (Å²) >= 11 is 3.33. The molecule has 5 heteroatoms. The standard InChI is InChI=1S/C14H14BrFN2O/c1-8-5-13(11(7-17)9(2)18-8)19-14-6-10(16)3-4-12(14)15/h3-6H,7,17H2,1-2H3. The molecule has 0 atom stereocenters. The molecule has 100 valence electrons. The Labute approximate surface area is 119 Å². The number of hydrogen-bond donors (Lipinski definition) is 1. The number of nitrogens with two attached hydrogens (primary N) is 1. The molecule has 0 aliphatic heterocycles. The predicted molar refractivity (Wildman–Crippen MR) is 75.8 cm³/mol. The van der Waals surface area contributed by atoms with Crippen LogP contribution in [0, 0.1) is 19.7 Å². The molecule has 0 aliphatic rings. The third kappa shape index (κ3) is 3.11. The highest BCUT2D eigenvalue weighted by Crippen LogP contribution is 2.33. The Balaban J connectivity index is 2.45. The van der Waals surface area contributed by atoms with E-state index in [1.807, 2.05) is 13.8 Å². The normalized spacial score (nSPS) is 10.6. The molecule has 1 aromatic heterocycles. The van der Waals surface area contributed by atoms with Gasteiger partial charge in [-0.15, -0.1) is 0 Å². The Morgan fingerprint density at radius 3 is 2.68 bits per heavy atom. The van der Waals surface area contributed by atoms with Crippen LogP contribution < -0.4 is 10.5 Å². The van der Waals surface area contributed by atoms with E-state index in [0.29, 0.717) is 22.5 Å². The highest BCUT2D eigenvalue weighted by Gasteiger charge is 2.11. The average molecular weight is 325 g/mol. The van der Waals surface area contributed by atoms with Gasteiger partial charge in [0, 0.05) is 35.6 Å². The second kappa shape index (κ2) is 5.67. The molecular weight excluding hydrogens is 311 g/mol. The van der Waals surface area contributed by atoms with Crippen molar-refractivity contribution in [1.82, 2.24) is 4.98 Å². The van der Waals surface area contributed by atoms with Gasteiger partial charge in [0.05, 0.1) is 4.47 Å². The average Bonchev–Trinajstić information content (AvgIpc) is 2.33. The molecule has 2 rings (SSSR count). The lowest BCUT2D eigenvalue weighted by molar-refractivity contribution is 0.465. The number of rotatable bonds is 3. The van der Waals surface area contributed by atoms with Gasteiger partial charge in [0.25, 0.3) is 0 Å². The molecule has 0 saturated heterocycles. The Hall–Kier alpha value is -1.46. The van der Waals surface area contributed by atoms with Crippen molar-refractivity contribution in [2.75, 3.05) is 0 Å². The second-order valence-electron chi connectivity index (χ2n) is 4.21. The number of aromatic nitrogens is 1. The van der Waals surface area contributed by atoms with Crippen LogP contribution in [0.15, 0.2) is 28.7 Å². The fourth-order valence-electron chi connectivity index (χ4n) is 1.83. The molecule has 0 radical (unpaired) electrons. The van der Waals surface area contributed by atoms with E-state index >= 15 is 0 Å². The summed E-state index contributed by atoms with van der Waals surface area (Å²) in [6.45, 7) is 4.07. The van der Waals surface area contributed by atoms with E-state index in [1.54, 1.807) is 12.1 Å². The first kappa shape index (κ1) is 14.0. The van der Waals surface area contributed by atoms with Gasteiger partial charge in [-0.05, 0) is 41.9 Å². The summed E-state index contributed by atoms with van der Waals surface area (Å²) < 4.78 is 19.7. The van der Waals surface area contributed by atoms with Gasteiger partial charge in [-0.2, -0.15) is 0 Å². The Morgan fingerprint density at radius 2 is 2.00 bits per heavy atom. The molecule has 0 spiro atoms. The van der Waals surface area contributed by atoms with Crippen LogP contribution in [-0.2, 0) is 6.54 Å². The van der Waals surface area contributed by atoms with Crippen molar-refractivity contribution >= 4 is 15.9 Å². The van der Waals surface area contributed by atoms with Gasteiger partial charge in [0.1, 0.15) is 17.3 Å². The first-order valence-electron chi connectivity index (χ1n) is 5.81. The van der Waals surface area contributed by atoms with Crippen molar-refractivity contribution in [3.63, 3.8) is 0 Å². The molecule has 0 amide bonds. The fraction of sp³-hybridized carbons (Fsp3) is 0.214. The Bertz CT molecular complexity index is 617. The molecule has 0 fully saturated rings. The number of benzene rings is 1. The minimum atomic E-state index is -0.352. The summed E-state index contributed by atoms with van der Waals surface area (Å²) in [6.07, 6.45) is 0. The molecule has 0 unspecified atom stereocenters. The Kier molecular flexibility index (Phi) is 4.17. The molecule has 2 N–H and O–H groups in total. The molecule has 1 heterocycles. The quantitative estimate of drug-likeness (QED) is 0.932. The zero-order chi connectivity index (χ0) is 14.0. The molecule has 0 saturated carbocycles. The van der Waals surface area contributed by atoms with Crippen molar-refractivity contribution in [3.05, 3.63) is 51.5 Å².